The van der Waals surface area contributed by atoms with Gasteiger partial charge in [-0.15, -0.1) is 0 Å². The standard InChI is InChI=1S/C10H14OSi.C6H14OSi/c1-2-6-10(7-3-1)12-9-5-4-8-11-12;1-8(2)6-4-3-5-7-8/h1-3,6-7,12H,4-5,8-9H2;3-6H2,1-2H3. The molecule has 0 aliphatic carbocycles. The molecule has 0 saturated carbocycles. The molecule has 2 fully saturated rings. The van der Waals surface area contributed by atoms with E-state index in [1.807, 2.05) is 0 Å². The normalized spacial score (nSPS) is 25.4. The van der Waals surface area contributed by atoms with Gasteiger partial charge in [0, 0.05) is 13.2 Å². The Balaban J connectivity index is 0.000000160. The van der Waals surface area contributed by atoms with Crippen LogP contribution in [-0.4, -0.2) is 30.6 Å². The molecular weight excluding hydrogens is 280 g/mol. The van der Waals surface area contributed by atoms with Crippen molar-refractivity contribution in [2.75, 3.05) is 13.2 Å². The van der Waals surface area contributed by atoms with Crippen molar-refractivity contribution in [3.8, 4) is 0 Å². The highest BCUT2D eigenvalue weighted by Crippen LogP contribution is 2.20. The first-order valence-electron chi connectivity index (χ1n) is 7.98. The van der Waals surface area contributed by atoms with E-state index in [1.54, 1.807) is 0 Å². The third-order valence-corrected chi connectivity index (χ3v) is 9.26. The first kappa shape index (κ1) is 16.0. The summed E-state index contributed by atoms with van der Waals surface area (Å²) in [4.78, 5) is 0. The summed E-state index contributed by atoms with van der Waals surface area (Å²) >= 11 is 0. The molecule has 2 aliphatic rings. The zero-order valence-electron chi connectivity index (χ0n) is 12.9. The van der Waals surface area contributed by atoms with Crippen molar-refractivity contribution in [2.24, 2.45) is 0 Å². The van der Waals surface area contributed by atoms with E-state index < -0.39 is 17.4 Å². The van der Waals surface area contributed by atoms with Gasteiger partial charge in [-0.2, -0.15) is 0 Å². The van der Waals surface area contributed by atoms with E-state index in [0.29, 0.717) is 0 Å². The van der Waals surface area contributed by atoms with Gasteiger partial charge in [-0.3, -0.25) is 0 Å². The summed E-state index contributed by atoms with van der Waals surface area (Å²) in [5.41, 5.74) is 0. The minimum absolute atomic E-state index is 0.984. The van der Waals surface area contributed by atoms with Crippen molar-refractivity contribution >= 4 is 22.5 Å². The van der Waals surface area contributed by atoms with E-state index in [2.05, 4.69) is 43.4 Å². The molecule has 4 heteroatoms. The molecule has 0 amide bonds. The Morgan fingerprint density at radius 2 is 1.70 bits per heavy atom. The molecule has 1 aromatic rings. The largest absolute Gasteiger partial charge is 0.417 e. The number of benzene rings is 1. The highest BCUT2D eigenvalue weighted by molar-refractivity contribution is 6.71. The fourth-order valence-electron chi connectivity index (χ4n) is 2.74. The summed E-state index contributed by atoms with van der Waals surface area (Å²) in [7, 11) is -2.07. The van der Waals surface area contributed by atoms with Crippen LogP contribution in [0.3, 0.4) is 0 Å². The molecule has 112 valence electrons. The molecule has 0 aromatic heterocycles. The van der Waals surface area contributed by atoms with Crippen LogP contribution in [-0.2, 0) is 8.85 Å². The Labute approximate surface area is 126 Å². The van der Waals surface area contributed by atoms with Gasteiger partial charge in [0.25, 0.3) is 0 Å². The summed E-state index contributed by atoms with van der Waals surface area (Å²) < 4.78 is 11.4. The van der Waals surface area contributed by atoms with Crippen LogP contribution in [0.15, 0.2) is 30.3 Å². The van der Waals surface area contributed by atoms with Crippen LogP contribution in [0.1, 0.15) is 25.7 Å². The lowest BCUT2D eigenvalue weighted by molar-refractivity contribution is 0.275. The third kappa shape index (κ3) is 5.52. The average molecular weight is 309 g/mol. The monoisotopic (exact) mass is 308 g/mol. The summed E-state index contributed by atoms with van der Waals surface area (Å²) in [6.45, 7) is 6.61. The van der Waals surface area contributed by atoms with E-state index in [-0.39, 0.29) is 0 Å². The summed E-state index contributed by atoms with van der Waals surface area (Å²) in [5, 5.41) is 1.47. The first-order chi connectivity index (χ1) is 9.67. The average Bonchev–Trinajstić information content (AvgIpc) is 2.49. The van der Waals surface area contributed by atoms with Crippen LogP contribution >= 0.6 is 0 Å². The van der Waals surface area contributed by atoms with Crippen molar-refractivity contribution in [3.63, 3.8) is 0 Å². The molecule has 2 aliphatic heterocycles. The lowest BCUT2D eigenvalue weighted by atomic mass is 10.3. The van der Waals surface area contributed by atoms with Gasteiger partial charge in [0.15, 0.2) is 8.32 Å². The maximum Gasteiger partial charge on any atom is 0.208 e. The van der Waals surface area contributed by atoms with Gasteiger partial charge in [0.1, 0.15) is 0 Å². The lowest BCUT2D eigenvalue weighted by Gasteiger charge is -2.27. The van der Waals surface area contributed by atoms with Crippen LogP contribution in [0, 0.1) is 0 Å². The van der Waals surface area contributed by atoms with Crippen molar-refractivity contribution in [1.29, 1.82) is 0 Å². The molecule has 0 N–H and O–H groups in total. The van der Waals surface area contributed by atoms with Crippen molar-refractivity contribution in [3.05, 3.63) is 30.3 Å². The van der Waals surface area contributed by atoms with Crippen LogP contribution in [0.4, 0.5) is 0 Å². The van der Waals surface area contributed by atoms with Gasteiger partial charge in [0.05, 0.1) is 0 Å². The Morgan fingerprint density at radius 3 is 2.20 bits per heavy atom. The molecule has 1 unspecified atom stereocenters. The predicted molar refractivity (Wildman–Crippen MR) is 90.7 cm³/mol. The van der Waals surface area contributed by atoms with Gasteiger partial charge in [-0.1, -0.05) is 43.2 Å². The van der Waals surface area contributed by atoms with E-state index >= 15 is 0 Å². The fraction of sp³-hybridized carbons (Fsp3) is 0.625. The van der Waals surface area contributed by atoms with Crippen LogP contribution in [0.5, 0.6) is 0 Å². The lowest BCUT2D eigenvalue weighted by Crippen LogP contribution is -2.36. The molecule has 1 atom stereocenters. The second kappa shape index (κ2) is 8.12. The van der Waals surface area contributed by atoms with Gasteiger partial charge < -0.3 is 8.85 Å². The molecule has 1 aromatic carbocycles. The van der Waals surface area contributed by atoms with Gasteiger partial charge in [0.2, 0.25) is 9.04 Å². The SMILES string of the molecule is C[Si]1(C)CCCCO1.c1ccc([SiH]2CCCCO2)cc1. The summed E-state index contributed by atoms with van der Waals surface area (Å²) in [6.07, 6.45) is 5.32. The predicted octanol–water partition coefficient (Wildman–Crippen LogP) is 3.43. The highest BCUT2D eigenvalue weighted by Gasteiger charge is 2.24. The van der Waals surface area contributed by atoms with Crippen LogP contribution < -0.4 is 5.19 Å². The van der Waals surface area contributed by atoms with Crippen molar-refractivity contribution in [1.82, 2.24) is 0 Å². The number of hydrogen-bond acceptors (Lipinski definition) is 2. The summed E-state index contributed by atoms with van der Waals surface area (Å²) in [5.74, 6) is 0. The maximum absolute atomic E-state index is 5.80. The maximum atomic E-state index is 5.80. The zero-order chi connectivity index (χ0) is 14.3. The molecular formula is C16H28O2Si2. The van der Waals surface area contributed by atoms with Crippen molar-refractivity contribution in [2.45, 2.75) is 50.9 Å². The Hall–Kier alpha value is -0.426. The van der Waals surface area contributed by atoms with Gasteiger partial charge in [-0.25, -0.2) is 0 Å². The van der Waals surface area contributed by atoms with E-state index in [0.717, 1.165) is 13.2 Å². The molecule has 0 spiro atoms. The fourth-order valence-corrected chi connectivity index (χ4v) is 7.14. The van der Waals surface area contributed by atoms with E-state index in [1.165, 1.54) is 43.0 Å². The Kier molecular flexibility index (Phi) is 6.48. The second-order valence-corrected chi connectivity index (χ2v) is 13.2. The quantitative estimate of drug-likeness (QED) is 0.740. The second-order valence-electron chi connectivity index (χ2n) is 6.33. The number of rotatable bonds is 1. The van der Waals surface area contributed by atoms with Crippen molar-refractivity contribution < 1.29 is 8.85 Å². The minimum atomic E-state index is -1.09. The van der Waals surface area contributed by atoms with E-state index in [9.17, 15) is 0 Å². The number of hydrogen-bond donors (Lipinski definition) is 0. The smallest absolute Gasteiger partial charge is 0.208 e. The molecule has 0 bridgehead atoms. The first-order valence-corrected chi connectivity index (χ1v) is 13.0. The van der Waals surface area contributed by atoms with Crippen LogP contribution in [0.2, 0.25) is 25.2 Å². The van der Waals surface area contributed by atoms with E-state index in [4.69, 9.17) is 8.85 Å². The van der Waals surface area contributed by atoms with Crippen LogP contribution in [0.25, 0.3) is 0 Å². The Morgan fingerprint density at radius 1 is 0.950 bits per heavy atom. The molecule has 2 heterocycles. The molecule has 3 rings (SSSR count). The molecule has 0 radical (unpaired) electrons. The van der Waals surface area contributed by atoms with Gasteiger partial charge >= 0.3 is 0 Å². The summed E-state index contributed by atoms with van der Waals surface area (Å²) in [6, 6.07) is 13.4. The highest BCUT2D eigenvalue weighted by atomic mass is 28.4. The topological polar surface area (TPSA) is 18.5 Å². The molecule has 20 heavy (non-hydrogen) atoms. The zero-order valence-corrected chi connectivity index (χ0v) is 15.1. The third-order valence-electron chi connectivity index (χ3n) is 4.02. The Bertz CT molecular complexity index is 367. The molecule has 2 saturated heterocycles. The minimum Gasteiger partial charge on any atom is -0.417 e. The molecule has 2 nitrogen and oxygen atoms in total. The van der Waals surface area contributed by atoms with Gasteiger partial charge in [-0.05, 0) is 43.2 Å².